The van der Waals surface area contributed by atoms with Crippen LogP contribution in [-0.4, -0.2) is 33.9 Å². The van der Waals surface area contributed by atoms with Crippen LogP contribution in [-0.2, 0) is 6.54 Å². The van der Waals surface area contributed by atoms with E-state index < -0.39 is 0 Å². The molecule has 0 aliphatic heterocycles. The van der Waals surface area contributed by atoms with Gasteiger partial charge in [-0.25, -0.2) is 9.97 Å². The Morgan fingerprint density at radius 3 is 2.57 bits per heavy atom. The minimum atomic E-state index is -0.206. The lowest BCUT2D eigenvalue weighted by molar-refractivity contribution is 0.0945. The van der Waals surface area contributed by atoms with Gasteiger partial charge in [0.15, 0.2) is 0 Å². The van der Waals surface area contributed by atoms with Crippen molar-refractivity contribution in [3.05, 3.63) is 48.2 Å². The molecule has 0 saturated heterocycles. The van der Waals surface area contributed by atoms with Crippen molar-refractivity contribution in [2.24, 2.45) is 0 Å². The van der Waals surface area contributed by atoms with Crippen molar-refractivity contribution < 1.29 is 4.79 Å². The first kappa shape index (κ1) is 14.9. The number of rotatable bonds is 6. The normalized spacial score (nSPS) is 10.2. The summed E-state index contributed by atoms with van der Waals surface area (Å²) in [6.07, 6.45) is 4.82. The predicted octanol–water partition coefficient (Wildman–Crippen LogP) is 1.65. The predicted molar refractivity (Wildman–Crippen MR) is 81.0 cm³/mol. The minimum Gasteiger partial charge on any atom is -0.357 e. The molecular weight excluding hydrogens is 266 g/mol. The number of aromatic nitrogens is 3. The lowest BCUT2D eigenvalue weighted by atomic mass is 10.2. The standard InChI is InChI=1S/C15H19N5O/c1-3-20(4-2)14-9-13(18-11-19-14)15(21)17-10-12-5-7-16-8-6-12/h5-9,11H,3-4,10H2,1-2H3,(H,17,21). The van der Waals surface area contributed by atoms with Gasteiger partial charge in [-0.3, -0.25) is 9.78 Å². The van der Waals surface area contributed by atoms with Crippen LogP contribution >= 0.6 is 0 Å². The van der Waals surface area contributed by atoms with Crippen molar-refractivity contribution in [2.45, 2.75) is 20.4 Å². The fourth-order valence-electron chi connectivity index (χ4n) is 1.97. The van der Waals surface area contributed by atoms with E-state index in [0.29, 0.717) is 12.2 Å². The number of hydrogen-bond donors (Lipinski definition) is 1. The molecule has 0 bridgehead atoms. The second kappa shape index (κ2) is 7.33. The molecule has 110 valence electrons. The smallest absolute Gasteiger partial charge is 0.270 e. The molecular formula is C15H19N5O. The molecule has 1 amide bonds. The molecule has 2 rings (SSSR count). The average molecular weight is 285 g/mol. The quantitative estimate of drug-likeness (QED) is 0.873. The highest BCUT2D eigenvalue weighted by Gasteiger charge is 2.11. The first-order valence-electron chi connectivity index (χ1n) is 6.98. The van der Waals surface area contributed by atoms with Crippen LogP contribution in [0.25, 0.3) is 0 Å². The molecule has 0 saturated carbocycles. The third-order valence-corrected chi connectivity index (χ3v) is 3.18. The Bertz CT molecular complexity index is 584. The summed E-state index contributed by atoms with van der Waals surface area (Å²) in [5.74, 6) is 0.562. The van der Waals surface area contributed by atoms with Gasteiger partial charge in [0, 0.05) is 38.1 Å². The Morgan fingerprint density at radius 1 is 1.19 bits per heavy atom. The Morgan fingerprint density at radius 2 is 1.90 bits per heavy atom. The second-order valence-corrected chi connectivity index (χ2v) is 4.47. The van der Waals surface area contributed by atoms with Gasteiger partial charge in [0.1, 0.15) is 17.8 Å². The molecule has 2 aromatic rings. The van der Waals surface area contributed by atoms with Gasteiger partial charge in [0.05, 0.1) is 0 Å². The molecule has 0 atom stereocenters. The van der Waals surface area contributed by atoms with E-state index in [2.05, 4.69) is 39.0 Å². The van der Waals surface area contributed by atoms with E-state index in [1.807, 2.05) is 12.1 Å². The molecule has 0 fully saturated rings. The van der Waals surface area contributed by atoms with Crippen molar-refractivity contribution in [1.82, 2.24) is 20.3 Å². The monoisotopic (exact) mass is 285 g/mol. The molecule has 0 aromatic carbocycles. The summed E-state index contributed by atoms with van der Waals surface area (Å²) in [4.78, 5) is 26.4. The van der Waals surface area contributed by atoms with Crippen LogP contribution in [0.5, 0.6) is 0 Å². The van der Waals surface area contributed by atoms with E-state index in [-0.39, 0.29) is 5.91 Å². The van der Waals surface area contributed by atoms with Gasteiger partial charge in [0.2, 0.25) is 0 Å². The van der Waals surface area contributed by atoms with Crippen LogP contribution in [0.4, 0.5) is 5.82 Å². The SMILES string of the molecule is CCN(CC)c1cc(C(=O)NCc2ccncc2)ncn1. The topological polar surface area (TPSA) is 71.0 Å². The van der Waals surface area contributed by atoms with E-state index in [1.54, 1.807) is 18.5 Å². The lowest BCUT2D eigenvalue weighted by Crippen LogP contribution is -2.26. The minimum absolute atomic E-state index is 0.206. The lowest BCUT2D eigenvalue weighted by Gasteiger charge is -2.19. The fraction of sp³-hybridized carbons (Fsp3) is 0.333. The van der Waals surface area contributed by atoms with Gasteiger partial charge < -0.3 is 10.2 Å². The number of carbonyl (C=O) groups is 1. The third kappa shape index (κ3) is 3.98. The van der Waals surface area contributed by atoms with Gasteiger partial charge in [-0.15, -0.1) is 0 Å². The molecule has 2 heterocycles. The van der Waals surface area contributed by atoms with Crippen LogP contribution in [0.2, 0.25) is 0 Å². The molecule has 2 aromatic heterocycles. The maximum Gasteiger partial charge on any atom is 0.270 e. The molecule has 0 radical (unpaired) electrons. The number of nitrogens with one attached hydrogen (secondary N) is 1. The molecule has 6 nitrogen and oxygen atoms in total. The summed E-state index contributed by atoms with van der Waals surface area (Å²) in [6.45, 7) is 6.23. The molecule has 0 unspecified atom stereocenters. The van der Waals surface area contributed by atoms with E-state index in [1.165, 1.54) is 6.33 Å². The zero-order valence-corrected chi connectivity index (χ0v) is 12.3. The molecule has 0 aliphatic rings. The maximum atomic E-state index is 12.1. The van der Waals surface area contributed by atoms with Crippen molar-refractivity contribution in [3.63, 3.8) is 0 Å². The summed E-state index contributed by atoms with van der Waals surface area (Å²) < 4.78 is 0. The first-order valence-corrected chi connectivity index (χ1v) is 6.98. The summed E-state index contributed by atoms with van der Waals surface area (Å²) in [6, 6.07) is 5.44. The van der Waals surface area contributed by atoms with Crippen molar-refractivity contribution in [1.29, 1.82) is 0 Å². The first-order chi connectivity index (χ1) is 10.2. The Hall–Kier alpha value is -2.50. The molecule has 0 aliphatic carbocycles. The summed E-state index contributed by atoms with van der Waals surface area (Å²) in [5.41, 5.74) is 1.37. The summed E-state index contributed by atoms with van der Waals surface area (Å²) >= 11 is 0. The van der Waals surface area contributed by atoms with Gasteiger partial charge in [-0.05, 0) is 31.5 Å². The zero-order chi connectivity index (χ0) is 15.1. The van der Waals surface area contributed by atoms with Crippen LogP contribution in [0, 0.1) is 0 Å². The van der Waals surface area contributed by atoms with Gasteiger partial charge in [0.25, 0.3) is 5.91 Å². The number of anilines is 1. The van der Waals surface area contributed by atoms with Crippen molar-refractivity contribution in [3.8, 4) is 0 Å². The van der Waals surface area contributed by atoms with Gasteiger partial charge in [-0.2, -0.15) is 0 Å². The van der Waals surface area contributed by atoms with Crippen molar-refractivity contribution in [2.75, 3.05) is 18.0 Å². The Labute approximate surface area is 124 Å². The summed E-state index contributed by atoms with van der Waals surface area (Å²) in [5, 5.41) is 2.84. The van der Waals surface area contributed by atoms with E-state index in [4.69, 9.17) is 0 Å². The highest BCUT2D eigenvalue weighted by Crippen LogP contribution is 2.10. The molecule has 0 spiro atoms. The van der Waals surface area contributed by atoms with Crippen molar-refractivity contribution >= 4 is 11.7 Å². The van der Waals surface area contributed by atoms with E-state index >= 15 is 0 Å². The number of hydrogen-bond acceptors (Lipinski definition) is 5. The zero-order valence-electron chi connectivity index (χ0n) is 12.3. The largest absolute Gasteiger partial charge is 0.357 e. The highest BCUT2D eigenvalue weighted by atomic mass is 16.1. The van der Waals surface area contributed by atoms with Gasteiger partial charge in [-0.1, -0.05) is 0 Å². The molecule has 21 heavy (non-hydrogen) atoms. The second-order valence-electron chi connectivity index (χ2n) is 4.47. The van der Waals surface area contributed by atoms with E-state index in [0.717, 1.165) is 24.5 Å². The highest BCUT2D eigenvalue weighted by molar-refractivity contribution is 5.92. The van der Waals surface area contributed by atoms with Crippen LogP contribution < -0.4 is 10.2 Å². The average Bonchev–Trinajstić information content (AvgIpc) is 2.55. The number of amides is 1. The molecule has 1 N–H and O–H groups in total. The van der Waals surface area contributed by atoms with Gasteiger partial charge >= 0.3 is 0 Å². The number of carbonyl (C=O) groups excluding carboxylic acids is 1. The summed E-state index contributed by atoms with van der Waals surface area (Å²) in [7, 11) is 0. The molecule has 6 heteroatoms. The van der Waals surface area contributed by atoms with Crippen LogP contribution in [0.15, 0.2) is 36.9 Å². The van der Waals surface area contributed by atoms with Crippen LogP contribution in [0.1, 0.15) is 29.9 Å². The third-order valence-electron chi connectivity index (χ3n) is 3.18. The number of pyridine rings is 1. The number of nitrogens with zero attached hydrogens (tertiary/aromatic N) is 4. The fourth-order valence-corrected chi connectivity index (χ4v) is 1.97. The Kier molecular flexibility index (Phi) is 5.20. The van der Waals surface area contributed by atoms with Crippen LogP contribution in [0.3, 0.4) is 0 Å². The maximum absolute atomic E-state index is 12.1. The van der Waals surface area contributed by atoms with E-state index in [9.17, 15) is 4.79 Å². The Balaban J connectivity index is 2.04.